The topological polar surface area (TPSA) is 29.0 Å². The van der Waals surface area contributed by atoms with E-state index in [4.69, 9.17) is 0 Å². The molecule has 1 aromatic carbocycles. The zero-order chi connectivity index (χ0) is 16.4. The van der Waals surface area contributed by atoms with Crippen molar-refractivity contribution >= 4 is 10.8 Å². The molecule has 24 heavy (non-hydrogen) atoms. The van der Waals surface area contributed by atoms with Gasteiger partial charge in [-0.15, -0.1) is 0 Å². The van der Waals surface area contributed by atoms with Gasteiger partial charge in [-0.05, 0) is 55.5 Å². The van der Waals surface area contributed by atoms with E-state index in [0.717, 1.165) is 24.6 Å². The van der Waals surface area contributed by atoms with Gasteiger partial charge in [-0.3, -0.25) is 9.97 Å². The minimum absolute atomic E-state index is 0.729. The average Bonchev–Trinajstić information content (AvgIpc) is 3.05. The molecule has 2 aromatic heterocycles. The molecule has 0 unspecified atom stereocenters. The van der Waals surface area contributed by atoms with Gasteiger partial charge < -0.3 is 4.90 Å². The first-order valence-electron chi connectivity index (χ1n) is 8.83. The van der Waals surface area contributed by atoms with Crippen LogP contribution >= 0.6 is 0 Å². The Hall–Kier alpha value is -2.26. The number of hydrogen-bond donors (Lipinski definition) is 0. The van der Waals surface area contributed by atoms with Crippen LogP contribution in [0.5, 0.6) is 0 Å². The molecule has 122 valence electrons. The zero-order valence-electron chi connectivity index (χ0n) is 14.2. The van der Waals surface area contributed by atoms with Crippen molar-refractivity contribution in [3.05, 3.63) is 60.7 Å². The smallest absolute Gasteiger partial charge is 0.0422 e. The summed E-state index contributed by atoms with van der Waals surface area (Å²) in [5.74, 6) is 0. The number of rotatable bonds is 4. The highest BCUT2D eigenvalue weighted by Crippen LogP contribution is 2.24. The monoisotopic (exact) mass is 317 g/mol. The lowest BCUT2D eigenvalue weighted by Crippen LogP contribution is -2.29. The van der Waals surface area contributed by atoms with Crippen molar-refractivity contribution in [2.75, 3.05) is 13.1 Å². The Bertz CT molecular complexity index is 829. The Labute approximate surface area is 143 Å². The second kappa shape index (κ2) is 6.70. The maximum atomic E-state index is 4.69. The lowest BCUT2D eigenvalue weighted by atomic mass is 10.0. The van der Waals surface area contributed by atoms with Crippen LogP contribution in [0.1, 0.15) is 25.5 Å². The maximum Gasteiger partial charge on any atom is 0.0422 e. The van der Waals surface area contributed by atoms with Gasteiger partial charge in [-0.2, -0.15) is 0 Å². The highest BCUT2D eigenvalue weighted by molar-refractivity contribution is 5.86. The molecule has 1 aliphatic heterocycles. The van der Waals surface area contributed by atoms with E-state index in [2.05, 4.69) is 52.1 Å². The molecule has 0 aliphatic carbocycles. The zero-order valence-corrected chi connectivity index (χ0v) is 14.2. The molecule has 1 aliphatic rings. The van der Waals surface area contributed by atoms with Crippen LogP contribution in [0.15, 0.2) is 55.0 Å². The Morgan fingerprint density at radius 1 is 1.08 bits per heavy atom. The minimum Gasteiger partial charge on any atom is -0.300 e. The summed E-state index contributed by atoms with van der Waals surface area (Å²) in [6.07, 6.45) is 9.42. The Morgan fingerprint density at radius 3 is 2.83 bits per heavy atom. The van der Waals surface area contributed by atoms with Gasteiger partial charge in [0.25, 0.3) is 0 Å². The molecule has 0 spiro atoms. The van der Waals surface area contributed by atoms with Gasteiger partial charge in [0.2, 0.25) is 0 Å². The standard InChI is InChI=1S/C21H23N3/c1-16-4-3-10-24(16)11-8-21-13-18-7-6-17(12-20(18)15-23-21)19-5-2-9-22-14-19/h2,5-7,9,12-16H,3-4,8,10-11H2,1H3/t16-/m0/s1. The van der Waals surface area contributed by atoms with E-state index in [9.17, 15) is 0 Å². The number of fused-ring (bicyclic) bond motifs is 1. The fourth-order valence-corrected chi connectivity index (χ4v) is 3.62. The van der Waals surface area contributed by atoms with Crippen molar-refractivity contribution in [1.29, 1.82) is 0 Å². The fraction of sp³-hybridized carbons (Fsp3) is 0.333. The Kier molecular flexibility index (Phi) is 4.26. The fourth-order valence-electron chi connectivity index (χ4n) is 3.62. The average molecular weight is 317 g/mol. The molecule has 0 radical (unpaired) electrons. The number of pyridine rings is 2. The Balaban J connectivity index is 1.53. The van der Waals surface area contributed by atoms with Crippen LogP contribution in [0.2, 0.25) is 0 Å². The lowest BCUT2D eigenvalue weighted by Gasteiger charge is -2.20. The first-order valence-corrected chi connectivity index (χ1v) is 8.83. The second-order valence-corrected chi connectivity index (χ2v) is 6.76. The molecular formula is C21H23N3. The van der Waals surface area contributed by atoms with Crippen LogP contribution in [-0.2, 0) is 6.42 Å². The normalized spacial score (nSPS) is 18.3. The van der Waals surface area contributed by atoms with E-state index in [1.165, 1.54) is 41.4 Å². The van der Waals surface area contributed by atoms with E-state index in [1.807, 2.05) is 18.5 Å². The number of nitrogens with zero attached hydrogens (tertiary/aromatic N) is 3. The number of benzene rings is 1. The van der Waals surface area contributed by atoms with E-state index in [0.29, 0.717) is 0 Å². The van der Waals surface area contributed by atoms with Crippen LogP contribution in [0.4, 0.5) is 0 Å². The van der Waals surface area contributed by atoms with Crippen molar-refractivity contribution in [2.45, 2.75) is 32.2 Å². The summed E-state index contributed by atoms with van der Waals surface area (Å²) in [6.45, 7) is 4.69. The van der Waals surface area contributed by atoms with Crippen molar-refractivity contribution in [3.8, 4) is 11.1 Å². The summed E-state index contributed by atoms with van der Waals surface area (Å²) in [4.78, 5) is 11.5. The Morgan fingerprint density at radius 2 is 2.04 bits per heavy atom. The first-order chi connectivity index (χ1) is 11.8. The maximum absolute atomic E-state index is 4.69. The summed E-state index contributed by atoms with van der Waals surface area (Å²) in [5.41, 5.74) is 3.53. The van der Waals surface area contributed by atoms with Crippen LogP contribution in [0.3, 0.4) is 0 Å². The summed E-state index contributed by atoms with van der Waals surface area (Å²) in [6, 6.07) is 13.6. The van der Waals surface area contributed by atoms with Gasteiger partial charge in [0.05, 0.1) is 0 Å². The molecule has 3 heteroatoms. The summed E-state index contributed by atoms with van der Waals surface area (Å²) >= 11 is 0. The molecule has 3 aromatic rings. The van der Waals surface area contributed by atoms with E-state index in [-0.39, 0.29) is 0 Å². The molecule has 0 saturated carbocycles. The number of aromatic nitrogens is 2. The summed E-state index contributed by atoms with van der Waals surface area (Å²) in [7, 11) is 0. The van der Waals surface area contributed by atoms with Gasteiger partial charge in [0.1, 0.15) is 0 Å². The quantitative estimate of drug-likeness (QED) is 0.717. The molecule has 0 N–H and O–H groups in total. The molecule has 0 bridgehead atoms. The molecule has 4 rings (SSSR count). The number of likely N-dealkylation sites (tertiary alicyclic amines) is 1. The summed E-state index contributed by atoms with van der Waals surface area (Å²) < 4.78 is 0. The minimum atomic E-state index is 0.729. The molecule has 1 fully saturated rings. The molecule has 1 atom stereocenters. The third-order valence-electron chi connectivity index (χ3n) is 5.12. The predicted octanol–water partition coefficient (Wildman–Crippen LogP) is 4.32. The van der Waals surface area contributed by atoms with E-state index in [1.54, 1.807) is 6.20 Å². The lowest BCUT2D eigenvalue weighted by molar-refractivity contribution is 0.271. The molecule has 3 nitrogen and oxygen atoms in total. The highest BCUT2D eigenvalue weighted by atomic mass is 15.2. The van der Waals surface area contributed by atoms with Crippen molar-refractivity contribution < 1.29 is 0 Å². The molecule has 0 amide bonds. The summed E-state index contributed by atoms with van der Waals surface area (Å²) in [5, 5.41) is 2.46. The van der Waals surface area contributed by atoms with Gasteiger partial charge in [-0.1, -0.05) is 18.2 Å². The van der Waals surface area contributed by atoms with Crippen LogP contribution < -0.4 is 0 Å². The van der Waals surface area contributed by atoms with Crippen LogP contribution in [0, 0.1) is 0 Å². The number of hydrogen-bond acceptors (Lipinski definition) is 3. The largest absolute Gasteiger partial charge is 0.300 e. The van der Waals surface area contributed by atoms with Crippen molar-refractivity contribution in [2.24, 2.45) is 0 Å². The van der Waals surface area contributed by atoms with E-state index >= 15 is 0 Å². The van der Waals surface area contributed by atoms with E-state index < -0.39 is 0 Å². The van der Waals surface area contributed by atoms with Gasteiger partial charge in [0, 0.05) is 54.2 Å². The molecule has 1 saturated heterocycles. The molecular weight excluding hydrogens is 294 g/mol. The van der Waals surface area contributed by atoms with Crippen molar-refractivity contribution in [1.82, 2.24) is 14.9 Å². The van der Waals surface area contributed by atoms with Gasteiger partial charge in [0.15, 0.2) is 0 Å². The highest BCUT2D eigenvalue weighted by Gasteiger charge is 2.19. The van der Waals surface area contributed by atoms with Crippen LogP contribution in [-0.4, -0.2) is 34.0 Å². The van der Waals surface area contributed by atoms with Crippen molar-refractivity contribution in [3.63, 3.8) is 0 Å². The van der Waals surface area contributed by atoms with Gasteiger partial charge in [-0.25, -0.2) is 0 Å². The van der Waals surface area contributed by atoms with Gasteiger partial charge >= 0.3 is 0 Å². The third kappa shape index (κ3) is 3.17. The second-order valence-electron chi connectivity index (χ2n) is 6.76. The predicted molar refractivity (Wildman–Crippen MR) is 98.9 cm³/mol. The van der Waals surface area contributed by atoms with Crippen LogP contribution in [0.25, 0.3) is 21.9 Å². The first kappa shape index (κ1) is 15.3. The molecule has 3 heterocycles. The SMILES string of the molecule is C[C@H]1CCCN1CCc1cc2ccc(-c3cccnc3)cc2cn1. The third-order valence-corrected chi connectivity index (χ3v) is 5.12.